The minimum atomic E-state index is 0.697. The van der Waals surface area contributed by atoms with Crippen LogP contribution in [0.4, 0.5) is 0 Å². The maximum absolute atomic E-state index is 4.19. The van der Waals surface area contributed by atoms with Crippen molar-refractivity contribution in [3.63, 3.8) is 0 Å². The molecule has 2 unspecified atom stereocenters. The molecule has 0 aromatic carbocycles. The Hall–Kier alpha value is -0.870. The van der Waals surface area contributed by atoms with Gasteiger partial charge in [0.25, 0.3) is 0 Å². The van der Waals surface area contributed by atoms with Crippen molar-refractivity contribution in [2.45, 2.75) is 37.9 Å². The molecule has 16 heavy (non-hydrogen) atoms. The largest absolute Gasteiger partial charge is 0.308 e. The summed E-state index contributed by atoms with van der Waals surface area (Å²) in [5, 5.41) is 7.88. The summed E-state index contributed by atoms with van der Waals surface area (Å²) in [7, 11) is 1.97. The topological polar surface area (TPSA) is 33.1 Å². The van der Waals surface area contributed by atoms with Gasteiger partial charge in [-0.3, -0.25) is 9.58 Å². The van der Waals surface area contributed by atoms with Crippen molar-refractivity contribution in [2.24, 2.45) is 7.05 Å². The van der Waals surface area contributed by atoms with Gasteiger partial charge in [-0.1, -0.05) is 0 Å². The Labute approximate surface area is 96.6 Å². The molecule has 0 bridgehead atoms. The van der Waals surface area contributed by atoms with E-state index in [0.29, 0.717) is 6.04 Å². The molecule has 3 heterocycles. The van der Waals surface area contributed by atoms with Gasteiger partial charge in [-0.25, -0.2) is 0 Å². The third-order valence-corrected chi connectivity index (χ3v) is 3.93. The Morgan fingerprint density at radius 3 is 3.19 bits per heavy atom. The van der Waals surface area contributed by atoms with E-state index < -0.39 is 0 Å². The summed E-state index contributed by atoms with van der Waals surface area (Å²) >= 11 is 0. The highest BCUT2D eigenvalue weighted by Crippen LogP contribution is 2.27. The highest BCUT2D eigenvalue weighted by molar-refractivity contribution is 5.04. The molecule has 3 rings (SSSR count). The van der Waals surface area contributed by atoms with E-state index in [1.807, 2.05) is 17.9 Å². The molecule has 1 aromatic rings. The van der Waals surface area contributed by atoms with Crippen LogP contribution in [-0.4, -0.2) is 39.9 Å². The van der Waals surface area contributed by atoms with Gasteiger partial charge in [-0.2, -0.15) is 5.10 Å². The molecule has 2 aliphatic rings. The van der Waals surface area contributed by atoms with E-state index in [9.17, 15) is 0 Å². The normalized spacial score (nSPS) is 29.8. The van der Waals surface area contributed by atoms with Crippen molar-refractivity contribution in [3.8, 4) is 0 Å². The molecule has 0 spiro atoms. The molecule has 2 saturated heterocycles. The predicted octanol–water partition coefficient (Wildman–Crippen LogP) is 0.746. The number of hydrogen-bond acceptors (Lipinski definition) is 3. The quantitative estimate of drug-likeness (QED) is 0.816. The van der Waals surface area contributed by atoms with Gasteiger partial charge in [-0.05, 0) is 25.8 Å². The second-order valence-electron chi connectivity index (χ2n) is 5.04. The maximum Gasteiger partial charge on any atom is 0.0534 e. The van der Waals surface area contributed by atoms with Crippen LogP contribution in [0.15, 0.2) is 12.4 Å². The van der Waals surface area contributed by atoms with E-state index >= 15 is 0 Å². The van der Waals surface area contributed by atoms with Crippen molar-refractivity contribution in [3.05, 3.63) is 18.0 Å². The molecule has 1 aromatic heterocycles. The molecule has 2 fully saturated rings. The van der Waals surface area contributed by atoms with Gasteiger partial charge in [0, 0.05) is 44.0 Å². The molecule has 0 saturated carbocycles. The lowest BCUT2D eigenvalue weighted by atomic mass is 10.1. The van der Waals surface area contributed by atoms with Crippen LogP contribution in [0.2, 0.25) is 0 Å². The smallest absolute Gasteiger partial charge is 0.0534 e. The molecule has 4 nitrogen and oxygen atoms in total. The van der Waals surface area contributed by atoms with Crippen molar-refractivity contribution in [1.82, 2.24) is 20.0 Å². The Morgan fingerprint density at radius 1 is 1.44 bits per heavy atom. The average molecular weight is 220 g/mol. The summed E-state index contributed by atoms with van der Waals surface area (Å²) in [4.78, 5) is 2.64. The standard InChI is InChI=1S/C12H20N4/c1-15-9-10(8-14-15)7-13-11-4-6-16-5-2-3-12(11)16/h8-9,11-13H,2-7H2,1H3. The zero-order chi connectivity index (χ0) is 11.0. The number of fused-ring (bicyclic) bond motifs is 1. The molecular weight excluding hydrogens is 200 g/mol. The maximum atomic E-state index is 4.19. The fourth-order valence-electron chi connectivity index (χ4n) is 3.13. The second kappa shape index (κ2) is 4.18. The molecule has 2 aliphatic heterocycles. The summed E-state index contributed by atoms with van der Waals surface area (Å²) in [6.45, 7) is 3.56. The molecule has 0 amide bonds. The van der Waals surface area contributed by atoms with E-state index in [1.165, 1.54) is 37.9 Å². The SMILES string of the molecule is Cn1cc(CNC2CCN3CCCC23)cn1. The minimum absolute atomic E-state index is 0.697. The fraction of sp³-hybridized carbons (Fsp3) is 0.750. The average Bonchev–Trinajstić information content (AvgIpc) is 2.91. The number of aromatic nitrogens is 2. The fourth-order valence-corrected chi connectivity index (χ4v) is 3.13. The van der Waals surface area contributed by atoms with Gasteiger partial charge >= 0.3 is 0 Å². The Balaban J connectivity index is 1.55. The predicted molar refractivity (Wildman–Crippen MR) is 63.0 cm³/mol. The first-order valence-corrected chi connectivity index (χ1v) is 6.28. The summed E-state index contributed by atoms with van der Waals surface area (Å²) in [6.07, 6.45) is 8.12. The second-order valence-corrected chi connectivity index (χ2v) is 5.04. The Bertz CT molecular complexity index is 360. The van der Waals surface area contributed by atoms with Gasteiger partial charge in [0.1, 0.15) is 0 Å². The number of aryl methyl sites for hydroxylation is 1. The third-order valence-electron chi connectivity index (χ3n) is 3.93. The highest BCUT2D eigenvalue weighted by atomic mass is 15.3. The highest BCUT2D eigenvalue weighted by Gasteiger charge is 2.36. The van der Waals surface area contributed by atoms with E-state index in [0.717, 1.165) is 12.6 Å². The zero-order valence-electron chi connectivity index (χ0n) is 9.89. The van der Waals surface area contributed by atoms with Crippen LogP contribution in [0, 0.1) is 0 Å². The minimum Gasteiger partial charge on any atom is -0.308 e. The van der Waals surface area contributed by atoms with Crippen LogP contribution >= 0.6 is 0 Å². The molecule has 4 heteroatoms. The molecule has 2 atom stereocenters. The van der Waals surface area contributed by atoms with Gasteiger partial charge in [0.2, 0.25) is 0 Å². The molecule has 88 valence electrons. The number of rotatable bonds is 3. The van der Waals surface area contributed by atoms with Crippen LogP contribution < -0.4 is 5.32 Å². The van der Waals surface area contributed by atoms with E-state index in [1.54, 1.807) is 0 Å². The Kier molecular flexibility index (Phi) is 2.69. The van der Waals surface area contributed by atoms with Gasteiger partial charge in [-0.15, -0.1) is 0 Å². The van der Waals surface area contributed by atoms with Gasteiger partial charge < -0.3 is 5.32 Å². The summed E-state index contributed by atoms with van der Waals surface area (Å²) < 4.78 is 1.87. The van der Waals surface area contributed by atoms with Crippen molar-refractivity contribution in [1.29, 1.82) is 0 Å². The van der Waals surface area contributed by atoms with Crippen LogP contribution in [0.3, 0.4) is 0 Å². The van der Waals surface area contributed by atoms with Gasteiger partial charge in [0.05, 0.1) is 6.20 Å². The first kappa shape index (κ1) is 10.3. The van der Waals surface area contributed by atoms with E-state index in [4.69, 9.17) is 0 Å². The summed E-state index contributed by atoms with van der Waals surface area (Å²) in [5.74, 6) is 0. The Morgan fingerprint density at radius 2 is 2.38 bits per heavy atom. The molecule has 1 N–H and O–H groups in total. The number of nitrogens with zero attached hydrogens (tertiary/aromatic N) is 3. The van der Waals surface area contributed by atoms with Crippen molar-refractivity contribution >= 4 is 0 Å². The molecule has 0 aliphatic carbocycles. The first-order chi connectivity index (χ1) is 7.83. The molecular formula is C12H20N4. The lowest BCUT2D eigenvalue weighted by Crippen LogP contribution is -2.38. The van der Waals surface area contributed by atoms with E-state index in [2.05, 4.69) is 21.5 Å². The van der Waals surface area contributed by atoms with Crippen molar-refractivity contribution in [2.75, 3.05) is 13.1 Å². The zero-order valence-corrected chi connectivity index (χ0v) is 9.89. The lowest BCUT2D eigenvalue weighted by molar-refractivity contribution is 0.298. The monoisotopic (exact) mass is 220 g/mol. The summed E-state index contributed by atoms with van der Waals surface area (Å²) in [6, 6.07) is 1.50. The van der Waals surface area contributed by atoms with Crippen LogP contribution in [0.5, 0.6) is 0 Å². The number of nitrogens with one attached hydrogen (secondary N) is 1. The van der Waals surface area contributed by atoms with Gasteiger partial charge in [0.15, 0.2) is 0 Å². The van der Waals surface area contributed by atoms with Crippen molar-refractivity contribution < 1.29 is 0 Å². The molecule has 0 radical (unpaired) electrons. The van der Waals surface area contributed by atoms with Crippen LogP contribution in [0.1, 0.15) is 24.8 Å². The van der Waals surface area contributed by atoms with Crippen LogP contribution in [0.25, 0.3) is 0 Å². The summed E-state index contributed by atoms with van der Waals surface area (Å²) in [5.41, 5.74) is 1.29. The lowest BCUT2D eigenvalue weighted by Gasteiger charge is -2.20. The van der Waals surface area contributed by atoms with Crippen LogP contribution in [-0.2, 0) is 13.6 Å². The third kappa shape index (κ3) is 1.87. The first-order valence-electron chi connectivity index (χ1n) is 6.28. The number of hydrogen-bond donors (Lipinski definition) is 1. The van der Waals surface area contributed by atoms with E-state index in [-0.39, 0.29) is 0 Å².